The number of aromatic nitrogens is 2. The van der Waals surface area contributed by atoms with Gasteiger partial charge in [-0.25, -0.2) is 0 Å². The molecule has 3 unspecified atom stereocenters. The Balaban J connectivity index is 1.41. The maximum Gasteiger partial charge on any atom is 0.229 e. The third-order valence-corrected chi connectivity index (χ3v) is 5.43. The van der Waals surface area contributed by atoms with Gasteiger partial charge in [0.05, 0.1) is 6.10 Å². The summed E-state index contributed by atoms with van der Waals surface area (Å²) in [6, 6.07) is 10.1. The Morgan fingerprint density at radius 1 is 1.23 bits per heavy atom. The van der Waals surface area contributed by atoms with E-state index in [0.29, 0.717) is 31.2 Å². The Hall–Kier alpha value is -2.21. The van der Waals surface area contributed by atoms with Crippen LogP contribution in [-0.2, 0) is 16.1 Å². The van der Waals surface area contributed by atoms with Gasteiger partial charge in [-0.15, -0.1) is 0 Å². The molecule has 0 aliphatic carbocycles. The number of amides is 1. The molecule has 2 aliphatic rings. The number of likely N-dealkylation sites (tertiary alicyclic amines) is 1. The van der Waals surface area contributed by atoms with E-state index in [1.165, 1.54) is 0 Å². The molecule has 0 bridgehead atoms. The van der Waals surface area contributed by atoms with Crippen molar-refractivity contribution in [2.45, 2.75) is 57.1 Å². The highest BCUT2D eigenvalue weighted by Crippen LogP contribution is 2.33. The van der Waals surface area contributed by atoms with Crippen LogP contribution < -0.4 is 0 Å². The number of hydrogen-bond acceptors (Lipinski definition) is 5. The Morgan fingerprint density at radius 2 is 2.08 bits per heavy atom. The summed E-state index contributed by atoms with van der Waals surface area (Å²) in [7, 11) is 0. The van der Waals surface area contributed by atoms with Crippen LogP contribution in [0, 0.1) is 0 Å². The summed E-state index contributed by atoms with van der Waals surface area (Å²) in [6.45, 7) is 4.17. The molecule has 2 aliphatic heterocycles. The van der Waals surface area contributed by atoms with Crippen LogP contribution in [0.2, 0.25) is 0 Å². The van der Waals surface area contributed by atoms with E-state index in [9.17, 15) is 4.79 Å². The van der Waals surface area contributed by atoms with Crippen molar-refractivity contribution in [1.29, 1.82) is 0 Å². The van der Waals surface area contributed by atoms with Crippen LogP contribution in [0.15, 0.2) is 34.9 Å². The zero-order chi connectivity index (χ0) is 17.9. The molecule has 1 amide bonds. The standard InChI is InChI=1S/C20H25N3O3/c1-2-17-10-15(8-9-25-17)20-21-19(22-26-20)16-11-18(24)23(13-16)12-14-6-4-3-5-7-14/h3-7,15-17H,2,8-13H2,1H3. The molecule has 3 heterocycles. The van der Waals surface area contributed by atoms with Crippen molar-refractivity contribution >= 4 is 5.91 Å². The zero-order valence-corrected chi connectivity index (χ0v) is 15.1. The van der Waals surface area contributed by atoms with Gasteiger partial charge in [-0.2, -0.15) is 4.98 Å². The highest BCUT2D eigenvalue weighted by atomic mass is 16.5. The van der Waals surface area contributed by atoms with E-state index in [4.69, 9.17) is 9.26 Å². The summed E-state index contributed by atoms with van der Waals surface area (Å²) in [5.74, 6) is 1.82. The molecule has 26 heavy (non-hydrogen) atoms. The fourth-order valence-electron chi connectivity index (χ4n) is 3.87. The molecule has 4 rings (SSSR count). The first-order valence-corrected chi connectivity index (χ1v) is 9.49. The van der Waals surface area contributed by atoms with Crippen molar-refractivity contribution in [2.24, 2.45) is 0 Å². The second-order valence-corrected chi connectivity index (χ2v) is 7.27. The summed E-state index contributed by atoms with van der Waals surface area (Å²) in [6.07, 6.45) is 3.59. The maximum absolute atomic E-state index is 12.4. The summed E-state index contributed by atoms with van der Waals surface area (Å²) >= 11 is 0. The van der Waals surface area contributed by atoms with Crippen LogP contribution >= 0.6 is 0 Å². The van der Waals surface area contributed by atoms with Gasteiger partial charge < -0.3 is 14.2 Å². The second kappa shape index (κ2) is 7.58. The molecule has 6 heteroatoms. The Morgan fingerprint density at radius 3 is 2.88 bits per heavy atom. The summed E-state index contributed by atoms with van der Waals surface area (Å²) in [5.41, 5.74) is 1.14. The molecule has 6 nitrogen and oxygen atoms in total. The van der Waals surface area contributed by atoms with Gasteiger partial charge in [0.2, 0.25) is 11.8 Å². The molecule has 0 saturated carbocycles. The minimum Gasteiger partial charge on any atom is -0.378 e. The maximum atomic E-state index is 12.4. The minimum atomic E-state index is 0.0190. The molecular weight excluding hydrogens is 330 g/mol. The quantitative estimate of drug-likeness (QED) is 0.823. The van der Waals surface area contributed by atoms with Crippen LogP contribution in [0.5, 0.6) is 0 Å². The molecule has 2 saturated heterocycles. The normalized spacial score (nSPS) is 26.4. The summed E-state index contributed by atoms with van der Waals surface area (Å²) in [5, 5.41) is 4.19. The van der Waals surface area contributed by atoms with Crippen molar-refractivity contribution in [3.8, 4) is 0 Å². The second-order valence-electron chi connectivity index (χ2n) is 7.27. The van der Waals surface area contributed by atoms with Gasteiger partial charge in [0.15, 0.2) is 5.82 Å². The number of benzene rings is 1. The number of rotatable bonds is 5. The molecule has 1 aromatic carbocycles. The van der Waals surface area contributed by atoms with Crippen molar-refractivity contribution in [3.05, 3.63) is 47.6 Å². The SMILES string of the molecule is CCC1CC(c2nc(C3CC(=O)N(Cc4ccccc4)C3)no2)CCO1. The van der Waals surface area contributed by atoms with Crippen molar-refractivity contribution in [2.75, 3.05) is 13.2 Å². The third-order valence-electron chi connectivity index (χ3n) is 5.43. The van der Waals surface area contributed by atoms with Crippen LogP contribution in [0.4, 0.5) is 0 Å². The van der Waals surface area contributed by atoms with E-state index in [1.54, 1.807) is 0 Å². The number of ether oxygens (including phenoxy) is 1. The van der Waals surface area contributed by atoms with Gasteiger partial charge in [0.1, 0.15) is 0 Å². The number of hydrogen-bond donors (Lipinski definition) is 0. The van der Waals surface area contributed by atoms with E-state index in [2.05, 4.69) is 17.1 Å². The lowest BCUT2D eigenvalue weighted by Crippen LogP contribution is -2.24. The molecule has 1 aromatic heterocycles. The van der Waals surface area contributed by atoms with Gasteiger partial charge in [-0.1, -0.05) is 42.4 Å². The van der Waals surface area contributed by atoms with E-state index < -0.39 is 0 Å². The molecule has 0 N–H and O–H groups in total. The topological polar surface area (TPSA) is 68.5 Å². The largest absolute Gasteiger partial charge is 0.378 e. The Labute approximate surface area is 153 Å². The third kappa shape index (κ3) is 3.65. The van der Waals surface area contributed by atoms with Gasteiger partial charge in [-0.3, -0.25) is 4.79 Å². The fraction of sp³-hybridized carbons (Fsp3) is 0.550. The molecule has 138 valence electrons. The van der Waals surface area contributed by atoms with Gasteiger partial charge in [0, 0.05) is 38.0 Å². The number of carbonyl (C=O) groups excluding carboxylic acids is 1. The monoisotopic (exact) mass is 355 g/mol. The first-order valence-electron chi connectivity index (χ1n) is 9.49. The van der Waals surface area contributed by atoms with Crippen LogP contribution in [0.25, 0.3) is 0 Å². The molecule has 0 spiro atoms. The van der Waals surface area contributed by atoms with Crippen molar-refractivity contribution < 1.29 is 14.1 Å². The van der Waals surface area contributed by atoms with Crippen molar-refractivity contribution in [3.63, 3.8) is 0 Å². The Kier molecular flexibility index (Phi) is 5.02. The van der Waals surface area contributed by atoms with Crippen LogP contribution in [-0.4, -0.2) is 40.2 Å². The minimum absolute atomic E-state index is 0.0190. The molecule has 2 aromatic rings. The molecule has 0 radical (unpaired) electrons. The van der Waals surface area contributed by atoms with Crippen molar-refractivity contribution in [1.82, 2.24) is 15.0 Å². The van der Waals surface area contributed by atoms with Gasteiger partial charge in [0.25, 0.3) is 0 Å². The molecule has 3 atom stereocenters. The smallest absolute Gasteiger partial charge is 0.229 e. The summed E-state index contributed by atoms with van der Waals surface area (Å²) in [4.78, 5) is 18.9. The zero-order valence-electron chi connectivity index (χ0n) is 15.1. The average molecular weight is 355 g/mol. The van der Waals surface area contributed by atoms with Crippen LogP contribution in [0.3, 0.4) is 0 Å². The fourth-order valence-corrected chi connectivity index (χ4v) is 3.87. The van der Waals surface area contributed by atoms with E-state index in [-0.39, 0.29) is 23.8 Å². The van der Waals surface area contributed by atoms with Gasteiger partial charge in [-0.05, 0) is 24.8 Å². The first-order chi connectivity index (χ1) is 12.7. The van der Waals surface area contributed by atoms with E-state index >= 15 is 0 Å². The van der Waals surface area contributed by atoms with E-state index in [0.717, 1.165) is 31.4 Å². The highest BCUT2D eigenvalue weighted by Gasteiger charge is 2.35. The number of carbonyl (C=O) groups is 1. The Bertz CT molecular complexity index is 746. The van der Waals surface area contributed by atoms with Crippen LogP contribution in [0.1, 0.15) is 61.7 Å². The lowest BCUT2D eigenvalue weighted by molar-refractivity contribution is -0.128. The lowest BCUT2D eigenvalue weighted by Gasteiger charge is -2.26. The predicted molar refractivity (Wildman–Crippen MR) is 95.5 cm³/mol. The molecule has 2 fully saturated rings. The lowest BCUT2D eigenvalue weighted by atomic mass is 9.94. The van der Waals surface area contributed by atoms with Gasteiger partial charge >= 0.3 is 0 Å². The highest BCUT2D eigenvalue weighted by molar-refractivity contribution is 5.79. The molecular formula is C20H25N3O3. The van der Waals surface area contributed by atoms with E-state index in [1.807, 2.05) is 35.2 Å². The first kappa shape index (κ1) is 17.2. The predicted octanol–water partition coefficient (Wildman–Crippen LogP) is 3.26. The number of nitrogens with zero attached hydrogens (tertiary/aromatic N) is 3. The summed E-state index contributed by atoms with van der Waals surface area (Å²) < 4.78 is 11.3. The average Bonchev–Trinajstić information content (AvgIpc) is 3.30.